The third-order valence-corrected chi connectivity index (χ3v) is 5.13. The molecule has 2 aliphatic rings. The highest BCUT2D eigenvalue weighted by molar-refractivity contribution is 5.77. The summed E-state index contributed by atoms with van der Waals surface area (Å²) in [6.07, 6.45) is 8.25. The van der Waals surface area contributed by atoms with Crippen molar-refractivity contribution in [1.29, 1.82) is 0 Å². The molecule has 2 fully saturated rings. The Hall–Kier alpha value is -2.08. The maximum Gasteiger partial charge on any atom is 0.211 e. The van der Waals surface area contributed by atoms with E-state index in [2.05, 4.69) is 37.3 Å². The highest BCUT2D eigenvalue weighted by Crippen LogP contribution is 2.33. The Morgan fingerprint density at radius 1 is 1.24 bits per heavy atom. The molecule has 2 atom stereocenters. The number of anilines is 1. The molecular formula is C15H18N6. The Balaban J connectivity index is 1.69. The first-order valence-electron chi connectivity index (χ1n) is 7.58. The first-order valence-corrected chi connectivity index (χ1v) is 7.58. The Morgan fingerprint density at radius 2 is 2.14 bits per heavy atom. The van der Waals surface area contributed by atoms with Crippen molar-refractivity contribution in [2.45, 2.75) is 24.9 Å². The number of fused-ring (bicyclic) bond motifs is 5. The molecule has 2 unspecified atom stereocenters. The number of imidazole rings is 1. The van der Waals surface area contributed by atoms with Crippen LogP contribution in [0.3, 0.4) is 0 Å². The maximum atomic E-state index is 4.71. The molecule has 2 aliphatic heterocycles. The molecule has 3 aromatic rings. The second kappa shape index (κ2) is 3.98. The summed E-state index contributed by atoms with van der Waals surface area (Å²) >= 11 is 0. The first kappa shape index (κ1) is 11.6. The van der Waals surface area contributed by atoms with Crippen LogP contribution in [0, 0.1) is 0 Å². The summed E-state index contributed by atoms with van der Waals surface area (Å²) in [6, 6.07) is 3.37. The first-order chi connectivity index (χ1) is 10.3. The smallest absolute Gasteiger partial charge is 0.211 e. The minimum Gasteiger partial charge on any atom is -0.345 e. The molecule has 2 saturated heterocycles. The minimum atomic E-state index is 0.624. The van der Waals surface area contributed by atoms with Gasteiger partial charge in [0.1, 0.15) is 0 Å². The summed E-state index contributed by atoms with van der Waals surface area (Å²) < 4.78 is 2.24. The zero-order chi connectivity index (χ0) is 14.0. The average Bonchev–Trinajstić information content (AvgIpc) is 3.19. The molecule has 3 aromatic heterocycles. The van der Waals surface area contributed by atoms with E-state index in [1.807, 2.05) is 18.6 Å². The maximum absolute atomic E-state index is 4.71. The molecule has 0 spiro atoms. The van der Waals surface area contributed by atoms with Crippen LogP contribution >= 0.6 is 0 Å². The van der Waals surface area contributed by atoms with Crippen LogP contribution in [0.15, 0.2) is 24.7 Å². The van der Waals surface area contributed by atoms with Crippen LogP contribution < -0.4 is 4.90 Å². The second-order valence-corrected chi connectivity index (χ2v) is 6.25. The number of nitrogens with zero attached hydrogens (tertiary/aromatic N) is 5. The van der Waals surface area contributed by atoms with Gasteiger partial charge in [-0.1, -0.05) is 0 Å². The fourth-order valence-corrected chi connectivity index (χ4v) is 3.93. The lowest BCUT2D eigenvalue weighted by atomic mass is 10.0. The number of aromatic nitrogens is 4. The highest BCUT2D eigenvalue weighted by atomic mass is 15.4. The Bertz CT molecular complexity index is 818. The third-order valence-electron chi connectivity index (χ3n) is 5.13. The van der Waals surface area contributed by atoms with Gasteiger partial charge in [0, 0.05) is 31.4 Å². The molecule has 1 N–H and O–H groups in total. The van der Waals surface area contributed by atoms with Gasteiger partial charge in [-0.2, -0.15) is 0 Å². The number of likely N-dealkylation sites (tertiary alicyclic amines) is 1. The molecule has 0 aromatic carbocycles. The largest absolute Gasteiger partial charge is 0.345 e. The van der Waals surface area contributed by atoms with E-state index >= 15 is 0 Å². The lowest BCUT2D eigenvalue weighted by Gasteiger charge is -2.28. The monoisotopic (exact) mass is 282 g/mol. The standard InChI is InChI=1S/C15H18N6/c1-19-5-3-10-6-11(19)9-20(10)15-18-8-12-7-17-14-13(21(12)15)2-4-16-14/h2,4,7-8,10-11,16H,3,5-6,9H2,1H3. The van der Waals surface area contributed by atoms with E-state index in [0.717, 1.165) is 29.2 Å². The van der Waals surface area contributed by atoms with Crippen molar-refractivity contribution in [2.75, 3.05) is 25.0 Å². The van der Waals surface area contributed by atoms with Crippen molar-refractivity contribution in [1.82, 2.24) is 24.3 Å². The molecule has 0 aliphatic carbocycles. The van der Waals surface area contributed by atoms with E-state index in [-0.39, 0.29) is 0 Å². The van der Waals surface area contributed by atoms with Crippen LogP contribution in [0.4, 0.5) is 5.95 Å². The Labute approximate surface area is 122 Å². The average molecular weight is 282 g/mol. The minimum absolute atomic E-state index is 0.624. The van der Waals surface area contributed by atoms with Gasteiger partial charge in [0.05, 0.1) is 23.4 Å². The van der Waals surface area contributed by atoms with Gasteiger partial charge in [-0.15, -0.1) is 0 Å². The fraction of sp³-hybridized carbons (Fsp3) is 0.467. The van der Waals surface area contributed by atoms with Crippen molar-refractivity contribution < 1.29 is 0 Å². The predicted octanol–water partition coefficient (Wildman–Crippen LogP) is 1.49. The van der Waals surface area contributed by atoms with Crippen LogP contribution in [0.25, 0.3) is 16.7 Å². The van der Waals surface area contributed by atoms with Crippen molar-refractivity contribution in [3.63, 3.8) is 0 Å². The second-order valence-electron chi connectivity index (χ2n) is 6.25. The number of piperidine rings is 1. The van der Waals surface area contributed by atoms with Crippen LogP contribution in [-0.4, -0.2) is 56.5 Å². The highest BCUT2D eigenvalue weighted by Gasteiger charge is 2.39. The summed E-state index contributed by atoms with van der Waals surface area (Å²) in [6.45, 7) is 2.27. The molecule has 0 amide bonds. The molecule has 5 heterocycles. The molecule has 21 heavy (non-hydrogen) atoms. The normalized spacial score (nSPS) is 26.2. The molecular weight excluding hydrogens is 264 g/mol. The van der Waals surface area contributed by atoms with Gasteiger partial charge < -0.3 is 14.8 Å². The number of likely N-dealkylation sites (N-methyl/N-ethyl adjacent to an activating group) is 1. The van der Waals surface area contributed by atoms with Gasteiger partial charge in [-0.3, -0.25) is 4.40 Å². The number of nitrogens with one attached hydrogen (secondary N) is 1. The summed E-state index contributed by atoms with van der Waals surface area (Å²) in [5.41, 5.74) is 3.09. The summed E-state index contributed by atoms with van der Waals surface area (Å²) in [5.74, 6) is 1.07. The van der Waals surface area contributed by atoms with E-state index in [1.165, 1.54) is 19.4 Å². The summed E-state index contributed by atoms with van der Waals surface area (Å²) in [4.78, 5) is 17.3. The molecule has 2 bridgehead atoms. The SMILES string of the molecule is CN1CCC2CC1CN2c1ncc2cnc3[nH]ccc3n12. The Morgan fingerprint density at radius 3 is 3.05 bits per heavy atom. The molecule has 0 saturated carbocycles. The molecule has 6 nitrogen and oxygen atoms in total. The molecule has 108 valence electrons. The van der Waals surface area contributed by atoms with Crippen LogP contribution in [0.1, 0.15) is 12.8 Å². The lowest BCUT2D eigenvalue weighted by Crippen LogP contribution is -2.37. The van der Waals surface area contributed by atoms with Gasteiger partial charge >= 0.3 is 0 Å². The zero-order valence-electron chi connectivity index (χ0n) is 12.0. The van der Waals surface area contributed by atoms with Crippen molar-refractivity contribution in [3.8, 4) is 0 Å². The zero-order valence-corrected chi connectivity index (χ0v) is 12.0. The lowest BCUT2D eigenvalue weighted by molar-refractivity contribution is 0.218. The van der Waals surface area contributed by atoms with Crippen molar-refractivity contribution in [2.24, 2.45) is 0 Å². The van der Waals surface area contributed by atoms with Crippen LogP contribution in [-0.2, 0) is 0 Å². The topological polar surface area (TPSA) is 52.5 Å². The van der Waals surface area contributed by atoms with Crippen molar-refractivity contribution in [3.05, 3.63) is 24.7 Å². The van der Waals surface area contributed by atoms with Gasteiger partial charge in [-0.05, 0) is 26.0 Å². The molecule has 6 heteroatoms. The van der Waals surface area contributed by atoms with E-state index in [1.54, 1.807) is 0 Å². The number of rotatable bonds is 1. The van der Waals surface area contributed by atoms with E-state index in [4.69, 9.17) is 4.98 Å². The predicted molar refractivity (Wildman–Crippen MR) is 81.6 cm³/mol. The van der Waals surface area contributed by atoms with Gasteiger partial charge in [0.15, 0.2) is 5.65 Å². The third kappa shape index (κ3) is 1.51. The number of hydrogen-bond donors (Lipinski definition) is 1. The fourth-order valence-electron chi connectivity index (χ4n) is 3.93. The Kier molecular flexibility index (Phi) is 2.19. The number of aromatic amines is 1. The summed E-state index contributed by atoms with van der Waals surface area (Å²) in [7, 11) is 2.24. The quantitative estimate of drug-likeness (QED) is 0.735. The molecule has 5 rings (SSSR count). The van der Waals surface area contributed by atoms with Crippen LogP contribution in [0.2, 0.25) is 0 Å². The van der Waals surface area contributed by atoms with Gasteiger partial charge in [-0.25, -0.2) is 9.97 Å². The number of hydrogen-bond acceptors (Lipinski definition) is 4. The van der Waals surface area contributed by atoms with Crippen molar-refractivity contribution >= 4 is 22.6 Å². The molecule has 0 radical (unpaired) electrons. The van der Waals surface area contributed by atoms with E-state index in [0.29, 0.717) is 12.1 Å². The summed E-state index contributed by atoms with van der Waals surface area (Å²) in [5, 5.41) is 0. The van der Waals surface area contributed by atoms with Crippen LogP contribution in [0.5, 0.6) is 0 Å². The van der Waals surface area contributed by atoms with Gasteiger partial charge in [0.2, 0.25) is 5.95 Å². The van der Waals surface area contributed by atoms with Gasteiger partial charge in [0.25, 0.3) is 0 Å². The van der Waals surface area contributed by atoms with E-state index in [9.17, 15) is 0 Å². The van der Waals surface area contributed by atoms with E-state index < -0.39 is 0 Å². The number of H-pyrrole nitrogens is 1.